The van der Waals surface area contributed by atoms with E-state index in [1.807, 2.05) is 18.2 Å². The molecule has 0 radical (unpaired) electrons. The number of rotatable bonds is 4. The lowest BCUT2D eigenvalue weighted by Gasteiger charge is -2.30. The summed E-state index contributed by atoms with van der Waals surface area (Å²) in [7, 11) is 1.76. The molecule has 0 aromatic heterocycles. The molecule has 1 heterocycles. The molecule has 20 heavy (non-hydrogen) atoms. The Hall–Kier alpha value is -1.55. The van der Waals surface area contributed by atoms with Gasteiger partial charge in [-0.2, -0.15) is 0 Å². The first-order valence-electron chi connectivity index (χ1n) is 7.18. The number of benzene rings is 1. The molecular formula is C16H24N2O2. The second-order valence-electron chi connectivity index (χ2n) is 5.87. The number of oxime groups is 1. The van der Waals surface area contributed by atoms with Crippen LogP contribution in [0.25, 0.3) is 0 Å². The molecular weight excluding hydrogens is 252 g/mol. The van der Waals surface area contributed by atoms with E-state index >= 15 is 0 Å². The number of fused-ring (bicyclic) bond motifs is 1. The van der Waals surface area contributed by atoms with E-state index in [1.54, 1.807) is 7.11 Å². The molecule has 0 atom stereocenters. The van der Waals surface area contributed by atoms with Crippen molar-refractivity contribution in [3.05, 3.63) is 29.8 Å². The summed E-state index contributed by atoms with van der Waals surface area (Å²) in [5.41, 5.74) is 2.87. The van der Waals surface area contributed by atoms with Crippen LogP contribution in [0.4, 0.5) is 5.69 Å². The van der Waals surface area contributed by atoms with E-state index in [2.05, 4.69) is 30.0 Å². The number of hydrogen-bond acceptors (Lipinski definition) is 4. The van der Waals surface area contributed by atoms with E-state index in [0.717, 1.165) is 49.3 Å². The number of methoxy groups -OCH3 is 1. The van der Waals surface area contributed by atoms with Crippen molar-refractivity contribution in [2.75, 3.05) is 25.1 Å². The third-order valence-electron chi connectivity index (χ3n) is 4.05. The van der Waals surface area contributed by atoms with Crippen molar-refractivity contribution in [2.24, 2.45) is 5.16 Å². The number of anilines is 1. The zero-order valence-electron chi connectivity index (χ0n) is 12.6. The maximum Gasteiger partial charge on any atom is 0.0889 e. The SMILES string of the molecule is COC(C)(C)CCN1CCC/C(=N/O)c2ccccc21. The summed E-state index contributed by atoms with van der Waals surface area (Å²) in [6, 6.07) is 8.16. The van der Waals surface area contributed by atoms with Crippen molar-refractivity contribution in [3.63, 3.8) is 0 Å². The van der Waals surface area contributed by atoms with Gasteiger partial charge in [0, 0.05) is 31.5 Å². The standard InChI is InChI=1S/C16H24N2O2/c1-16(2,20-3)10-12-18-11-6-8-14(17-19)13-7-4-5-9-15(13)18/h4-5,7,9,19H,6,8,10-12H2,1-3H3/b17-14-. The Bertz CT molecular complexity index is 483. The summed E-state index contributed by atoms with van der Waals surface area (Å²) in [6.45, 7) is 6.14. The molecule has 0 saturated carbocycles. The van der Waals surface area contributed by atoms with Crippen LogP contribution in [0.5, 0.6) is 0 Å². The van der Waals surface area contributed by atoms with Crippen LogP contribution in [0.3, 0.4) is 0 Å². The van der Waals surface area contributed by atoms with E-state index in [-0.39, 0.29) is 5.60 Å². The number of hydrogen-bond donors (Lipinski definition) is 1. The fourth-order valence-corrected chi connectivity index (χ4v) is 2.53. The van der Waals surface area contributed by atoms with Gasteiger partial charge in [-0.05, 0) is 39.2 Å². The predicted octanol–water partition coefficient (Wildman–Crippen LogP) is 3.28. The first kappa shape index (κ1) is 14.9. The summed E-state index contributed by atoms with van der Waals surface area (Å²) >= 11 is 0. The first-order chi connectivity index (χ1) is 9.57. The van der Waals surface area contributed by atoms with Crippen molar-refractivity contribution in [2.45, 2.75) is 38.7 Å². The second kappa shape index (κ2) is 6.27. The van der Waals surface area contributed by atoms with Gasteiger partial charge in [0.15, 0.2) is 0 Å². The van der Waals surface area contributed by atoms with Gasteiger partial charge in [-0.1, -0.05) is 23.4 Å². The van der Waals surface area contributed by atoms with Crippen molar-refractivity contribution in [1.82, 2.24) is 0 Å². The number of ether oxygens (including phenoxy) is 1. The third kappa shape index (κ3) is 3.31. The second-order valence-corrected chi connectivity index (χ2v) is 5.87. The molecule has 1 aromatic rings. The fourth-order valence-electron chi connectivity index (χ4n) is 2.53. The molecule has 4 heteroatoms. The molecule has 0 amide bonds. The van der Waals surface area contributed by atoms with Crippen LogP contribution in [-0.2, 0) is 4.74 Å². The van der Waals surface area contributed by atoms with E-state index in [4.69, 9.17) is 4.74 Å². The molecule has 1 aromatic carbocycles. The van der Waals surface area contributed by atoms with Crippen LogP contribution < -0.4 is 4.90 Å². The Kier molecular flexibility index (Phi) is 4.65. The lowest BCUT2D eigenvalue weighted by Crippen LogP contribution is -2.32. The molecule has 0 aliphatic carbocycles. The molecule has 0 saturated heterocycles. The van der Waals surface area contributed by atoms with Crippen molar-refractivity contribution in [1.29, 1.82) is 0 Å². The number of nitrogens with zero attached hydrogens (tertiary/aromatic N) is 2. The average Bonchev–Trinajstić information content (AvgIpc) is 2.64. The normalized spacial score (nSPS) is 17.9. The van der Waals surface area contributed by atoms with Gasteiger partial charge in [-0.15, -0.1) is 0 Å². The summed E-state index contributed by atoms with van der Waals surface area (Å²) < 4.78 is 5.50. The van der Waals surface area contributed by atoms with Crippen molar-refractivity contribution in [3.8, 4) is 0 Å². The van der Waals surface area contributed by atoms with Crippen LogP contribution in [0.2, 0.25) is 0 Å². The van der Waals surface area contributed by atoms with E-state index < -0.39 is 0 Å². The maximum atomic E-state index is 9.20. The Morgan fingerprint density at radius 1 is 1.35 bits per heavy atom. The summed E-state index contributed by atoms with van der Waals surface area (Å²) in [6.07, 6.45) is 2.78. The number of para-hydroxylation sites is 1. The van der Waals surface area contributed by atoms with Crippen LogP contribution in [0.1, 0.15) is 38.7 Å². The quantitative estimate of drug-likeness (QED) is 0.678. The Morgan fingerprint density at radius 3 is 2.80 bits per heavy atom. The van der Waals surface area contributed by atoms with Crippen LogP contribution in [0, 0.1) is 0 Å². The minimum atomic E-state index is -0.116. The summed E-state index contributed by atoms with van der Waals surface area (Å²) in [5.74, 6) is 0. The van der Waals surface area contributed by atoms with E-state index in [0.29, 0.717) is 0 Å². The molecule has 110 valence electrons. The molecule has 2 rings (SSSR count). The molecule has 0 unspecified atom stereocenters. The monoisotopic (exact) mass is 276 g/mol. The van der Waals surface area contributed by atoms with Gasteiger partial charge in [0.2, 0.25) is 0 Å². The highest BCUT2D eigenvalue weighted by atomic mass is 16.5. The topological polar surface area (TPSA) is 45.1 Å². The van der Waals surface area contributed by atoms with Gasteiger partial charge in [0.05, 0.1) is 11.3 Å². The Morgan fingerprint density at radius 2 is 2.10 bits per heavy atom. The Labute approximate surface area is 121 Å². The molecule has 1 N–H and O–H groups in total. The maximum absolute atomic E-state index is 9.20. The van der Waals surface area contributed by atoms with Gasteiger partial charge in [-0.25, -0.2) is 0 Å². The van der Waals surface area contributed by atoms with E-state index in [1.165, 1.54) is 0 Å². The largest absolute Gasteiger partial charge is 0.411 e. The third-order valence-corrected chi connectivity index (χ3v) is 4.05. The first-order valence-corrected chi connectivity index (χ1v) is 7.18. The highest BCUT2D eigenvalue weighted by molar-refractivity contribution is 6.05. The van der Waals surface area contributed by atoms with Gasteiger partial charge < -0.3 is 14.8 Å². The molecule has 1 aliphatic heterocycles. The zero-order chi connectivity index (χ0) is 14.6. The molecule has 0 spiro atoms. The highest BCUT2D eigenvalue weighted by Crippen LogP contribution is 2.27. The average molecular weight is 276 g/mol. The van der Waals surface area contributed by atoms with Crippen LogP contribution in [-0.4, -0.2) is 36.7 Å². The van der Waals surface area contributed by atoms with Crippen LogP contribution in [0.15, 0.2) is 29.4 Å². The minimum absolute atomic E-state index is 0.116. The molecule has 0 bridgehead atoms. The summed E-state index contributed by atoms with van der Waals surface area (Å²) in [5, 5.41) is 12.7. The van der Waals surface area contributed by atoms with Gasteiger partial charge in [0.25, 0.3) is 0 Å². The lowest BCUT2D eigenvalue weighted by atomic mass is 10.0. The Balaban J connectivity index is 2.22. The van der Waals surface area contributed by atoms with Crippen molar-refractivity contribution < 1.29 is 9.94 Å². The molecule has 1 aliphatic rings. The molecule has 4 nitrogen and oxygen atoms in total. The minimum Gasteiger partial charge on any atom is -0.411 e. The summed E-state index contributed by atoms with van der Waals surface area (Å²) in [4.78, 5) is 2.37. The van der Waals surface area contributed by atoms with Gasteiger partial charge in [0.1, 0.15) is 0 Å². The fraction of sp³-hybridized carbons (Fsp3) is 0.562. The van der Waals surface area contributed by atoms with Gasteiger partial charge in [-0.3, -0.25) is 0 Å². The highest BCUT2D eigenvalue weighted by Gasteiger charge is 2.22. The van der Waals surface area contributed by atoms with Crippen molar-refractivity contribution >= 4 is 11.4 Å². The lowest BCUT2D eigenvalue weighted by molar-refractivity contribution is 0.0172. The zero-order valence-corrected chi connectivity index (χ0v) is 12.6. The van der Waals surface area contributed by atoms with Crippen LogP contribution >= 0.6 is 0 Å². The smallest absolute Gasteiger partial charge is 0.0889 e. The van der Waals surface area contributed by atoms with E-state index in [9.17, 15) is 5.21 Å². The molecule has 0 fully saturated rings. The van der Waals surface area contributed by atoms with Gasteiger partial charge >= 0.3 is 0 Å². The predicted molar refractivity (Wildman–Crippen MR) is 81.9 cm³/mol.